The van der Waals surface area contributed by atoms with Gasteiger partial charge in [-0.3, -0.25) is 9.59 Å². The molecule has 5 rings (SSSR count). The second-order valence-electron chi connectivity index (χ2n) is 9.48. The van der Waals surface area contributed by atoms with Crippen molar-refractivity contribution >= 4 is 46.1 Å². The van der Waals surface area contributed by atoms with E-state index in [-0.39, 0.29) is 34.9 Å². The van der Waals surface area contributed by atoms with Gasteiger partial charge in [0.15, 0.2) is 6.61 Å². The predicted molar refractivity (Wildman–Crippen MR) is 157 cm³/mol. The van der Waals surface area contributed by atoms with Gasteiger partial charge in [0.1, 0.15) is 11.5 Å². The Morgan fingerprint density at radius 1 is 1.02 bits per heavy atom. The van der Waals surface area contributed by atoms with E-state index in [4.69, 9.17) is 16.3 Å². The fourth-order valence-electron chi connectivity index (χ4n) is 4.80. The number of likely N-dealkylation sites (tertiary alicyclic amines) is 1. The Bertz CT molecular complexity index is 1540. The van der Waals surface area contributed by atoms with Crippen molar-refractivity contribution in [1.29, 1.82) is 0 Å². The number of carbonyl (C=O) groups excluding carboxylic acids is 2. The summed E-state index contributed by atoms with van der Waals surface area (Å²) in [6, 6.07) is 25.6. The van der Waals surface area contributed by atoms with Gasteiger partial charge in [-0.25, -0.2) is 5.43 Å². The molecule has 0 saturated carbocycles. The lowest BCUT2D eigenvalue weighted by molar-refractivity contribution is -0.133. The highest BCUT2D eigenvalue weighted by molar-refractivity contribution is 6.32. The Balaban J connectivity index is 1.22. The van der Waals surface area contributed by atoms with Crippen molar-refractivity contribution in [1.82, 2.24) is 10.3 Å². The third-order valence-electron chi connectivity index (χ3n) is 6.86. The van der Waals surface area contributed by atoms with Gasteiger partial charge in [-0.15, -0.1) is 0 Å². The first-order valence-electron chi connectivity index (χ1n) is 13.0. The van der Waals surface area contributed by atoms with E-state index in [1.165, 1.54) is 18.2 Å². The molecule has 3 N–H and O–H groups in total. The number of halogens is 1. The van der Waals surface area contributed by atoms with Crippen LogP contribution in [0, 0.1) is 0 Å². The Morgan fingerprint density at radius 2 is 1.80 bits per heavy atom. The number of phenols is 1. The number of hydrogen-bond donors (Lipinski definition) is 3. The summed E-state index contributed by atoms with van der Waals surface area (Å²) < 4.78 is 6.02. The molecule has 4 aromatic carbocycles. The first kappa shape index (κ1) is 27.0. The van der Waals surface area contributed by atoms with E-state index >= 15 is 0 Å². The quantitative estimate of drug-likeness (QED) is 0.188. The summed E-state index contributed by atoms with van der Waals surface area (Å²) >= 11 is 5.89. The lowest BCUT2D eigenvalue weighted by Crippen LogP contribution is -2.42. The number of rotatable bonds is 9. The minimum atomic E-state index is -0.458. The standard InChI is InChI=1S/C31H29ClN4O4/c32-27-17-21(12-14-28(27)37)31(39)35-34-18-22-13-15-29(26-11-5-4-10-25(22)26)40-20-30(38)36-16-6-9-24(36)19-33-23-7-2-1-3-8-23/h1-5,7-8,10-15,17-18,24,33,37H,6,9,16,19-20H2,(H,35,39)/b34-18+. The zero-order valence-corrected chi connectivity index (χ0v) is 22.5. The molecular formula is C31H29ClN4O4. The summed E-state index contributed by atoms with van der Waals surface area (Å²) in [5.41, 5.74) is 4.55. The molecule has 4 aromatic rings. The van der Waals surface area contributed by atoms with Crippen LogP contribution in [0.1, 0.15) is 28.8 Å². The summed E-state index contributed by atoms with van der Waals surface area (Å²) in [5, 5.41) is 18.8. The van der Waals surface area contributed by atoms with Crippen molar-refractivity contribution in [3.05, 3.63) is 101 Å². The van der Waals surface area contributed by atoms with E-state index in [9.17, 15) is 14.7 Å². The van der Waals surface area contributed by atoms with E-state index < -0.39 is 5.91 Å². The highest BCUT2D eigenvalue weighted by Crippen LogP contribution is 2.28. The number of hydrazone groups is 1. The molecule has 204 valence electrons. The highest BCUT2D eigenvalue weighted by Gasteiger charge is 2.28. The molecular weight excluding hydrogens is 528 g/mol. The number of nitrogens with one attached hydrogen (secondary N) is 2. The Labute approximate surface area is 237 Å². The van der Waals surface area contributed by atoms with Gasteiger partial charge in [0.2, 0.25) is 0 Å². The summed E-state index contributed by atoms with van der Waals surface area (Å²) in [4.78, 5) is 27.4. The van der Waals surface area contributed by atoms with Crippen molar-refractivity contribution in [2.75, 3.05) is 25.0 Å². The highest BCUT2D eigenvalue weighted by atomic mass is 35.5. The fraction of sp³-hybridized carbons (Fsp3) is 0.194. The van der Waals surface area contributed by atoms with Gasteiger partial charge in [0.25, 0.3) is 11.8 Å². The number of aromatic hydroxyl groups is 1. The Morgan fingerprint density at radius 3 is 2.60 bits per heavy atom. The molecule has 0 radical (unpaired) electrons. The van der Waals surface area contributed by atoms with Crippen LogP contribution in [0.5, 0.6) is 11.5 Å². The van der Waals surface area contributed by atoms with Crippen LogP contribution < -0.4 is 15.5 Å². The smallest absolute Gasteiger partial charge is 0.271 e. The van der Waals surface area contributed by atoms with Gasteiger partial charge in [-0.2, -0.15) is 5.10 Å². The second-order valence-corrected chi connectivity index (χ2v) is 9.89. The van der Waals surface area contributed by atoms with E-state index in [1.54, 1.807) is 12.3 Å². The lowest BCUT2D eigenvalue weighted by Gasteiger charge is -2.25. The summed E-state index contributed by atoms with van der Waals surface area (Å²) in [7, 11) is 0. The molecule has 1 aliphatic rings. The molecule has 1 saturated heterocycles. The molecule has 1 atom stereocenters. The van der Waals surface area contributed by atoms with Crippen LogP contribution in [-0.4, -0.2) is 53.8 Å². The Hall–Kier alpha value is -4.56. The molecule has 1 aliphatic heterocycles. The monoisotopic (exact) mass is 556 g/mol. The third kappa shape index (κ3) is 6.35. The van der Waals surface area contributed by atoms with Crippen molar-refractivity contribution in [2.24, 2.45) is 5.10 Å². The number of ether oxygens (including phenoxy) is 1. The topological polar surface area (TPSA) is 103 Å². The summed E-state index contributed by atoms with van der Waals surface area (Å²) in [5.74, 6) is 0.00349. The van der Waals surface area contributed by atoms with Crippen LogP contribution in [0.3, 0.4) is 0 Å². The number of benzene rings is 4. The van der Waals surface area contributed by atoms with Crippen molar-refractivity contribution in [3.63, 3.8) is 0 Å². The first-order chi connectivity index (χ1) is 19.5. The third-order valence-corrected chi connectivity index (χ3v) is 7.16. The van der Waals surface area contributed by atoms with Crippen LogP contribution in [0.4, 0.5) is 5.69 Å². The van der Waals surface area contributed by atoms with Gasteiger partial charge in [-0.1, -0.05) is 54.1 Å². The van der Waals surface area contributed by atoms with Crippen LogP contribution in [0.2, 0.25) is 5.02 Å². The number of anilines is 1. The summed E-state index contributed by atoms with van der Waals surface area (Å²) in [6.45, 7) is 1.37. The number of amides is 2. The molecule has 8 nitrogen and oxygen atoms in total. The minimum absolute atomic E-state index is 0.0378. The van der Waals surface area contributed by atoms with Crippen molar-refractivity contribution in [3.8, 4) is 11.5 Å². The van der Waals surface area contributed by atoms with Crippen LogP contribution >= 0.6 is 11.6 Å². The maximum Gasteiger partial charge on any atom is 0.271 e. The molecule has 0 aliphatic carbocycles. The molecule has 0 aromatic heterocycles. The number of para-hydroxylation sites is 1. The number of fused-ring (bicyclic) bond motifs is 1. The SMILES string of the molecule is O=C(N/N=C/c1ccc(OCC(=O)N2CCCC2CNc2ccccc2)c2ccccc12)c1ccc(O)c(Cl)c1. The number of nitrogens with zero attached hydrogens (tertiary/aromatic N) is 2. The van der Waals surface area contributed by atoms with E-state index in [0.717, 1.165) is 41.4 Å². The zero-order valence-electron chi connectivity index (χ0n) is 21.7. The number of hydrogen-bond acceptors (Lipinski definition) is 6. The molecule has 1 fully saturated rings. The van der Waals surface area contributed by atoms with Gasteiger partial charge in [0, 0.05) is 41.3 Å². The van der Waals surface area contributed by atoms with Gasteiger partial charge in [-0.05, 0) is 60.7 Å². The normalized spacial score (nSPS) is 14.9. The van der Waals surface area contributed by atoms with Gasteiger partial charge < -0.3 is 20.1 Å². The largest absolute Gasteiger partial charge is 0.506 e. The van der Waals surface area contributed by atoms with Gasteiger partial charge in [0.05, 0.1) is 11.2 Å². The van der Waals surface area contributed by atoms with Crippen molar-refractivity contribution < 1.29 is 19.4 Å². The maximum absolute atomic E-state index is 13.1. The number of phenolic OH excluding ortho intramolecular Hbond substituents is 1. The van der Waals surface area contributed by atoms with Crippen LogP contribution in [-0.2, 0) is 4.79 Å². The predicted octanol–water partition coefficient (Wildman–Crippen LogP) is 5.44. The van der Waals surface area contributed by atoms with E-state index in [2.05, 4.69) is 15.8 Å². The molecule has 40 heavy (non-hydrogen) atoms. The minimum Gasteiger partial charge on any atom is -0.506 e. The van der Waals surface area contributed by atoms with E-state index in [1.807, 2.05) is 65.6 Å². The summed E-state index contributed by atoms with van der Waals surface area (Å²) in [6.07, 6.45) is 3.48. The van der Waals surface area contributed by atoms with Crippen molar-refractivity contribution in [2.45, 2.75) is 18.9 Å². The van der Waals surface area contributed by atoms with Crippen LogP contribution in [0.15, 0.2) is 90.0 Å². The number of carbonyl (C=O) groups is 2. The average Bonchev–Trinajstić information content (AvgIpc) is 3.46. The zero-order chi connectivity index (χ0) is 27.9. The van der Waals surface area contributed by atoms with Gasteiger partial charge >= 0.3 is 0 Å². The van der Waals surface area contributed by atoms with Crippen LogP contribution in [0.25, 0.3) is 10.8 Å². The molecule has 0 bridgehead atoms. The molecule has 1 unspecified atom stereocenters. The average molecular weight is 557 g/mol. The maximum atomic E-state index is 13.1. The molecule has 1 heterocycles. The second kappa shape index (κ2) is 12.5. The van der Waals surface area contributed by atoms with E-state index in [0.29, 0.717) is 12.3 Å². The fourth-order valence-corrected chi connectivity index (χ4v) is 4.98. The molecule has 9 heteroatoms. The molecule has 0 spiro atoms. The first-order valence-corrected chi connectivity index (χ1v) is 13.4. The molecule has 2 amide bonds. The lowest BCUT2D eigenvalue weighted by atomic mass is 10.0. The Kier molecular flexibility index (Phi) is 8.47.